The summed E-state index contributed by atoms with van der Waals surface area (Å²) in [4.78, 5) is 28.7. The quantitative estimate of drug-likeness (QED) is 0.590. The average molecular weight is 444 g/mol. The standard InChI is InChI=1S/C19H18BrN5O3/c1-12-9-13(2)25(24-12)11-17(26)22-23-18(27)16-7-4-8-21-19(16)28-15-6-3-5-14(20)10-15/h3-10H,11H2,1-2H3,(H,22,26)(H,23,27). The van der Waals surface area contributed by atoms with Crippen LogP contribution in [0.5, 0.6) is 11.6 Å². The summed E-state index contributed by atoms with van der Waals surface area (Å²) in [6, 6.07) is 12.2. The normalized spacial score (nSPS) is 10.4. The Hall–Kier alpha value is -3.20. The zero-order valence-corrected chi connectivity index (χ0v) is 16.9. The number of aromatic nitrogens is 3. The van der Waals surface area contributed by atoms with E-state index in [0.29, 0.717) is 5.75 Å². The van der Waals surface area contributed by atoms with Crippen molar-refractivity contribution in [1.29, 1.82) is 0 Å². The molecule has 1 aromatic carbocycles. The number of hydrazine groups is 1. The smallest absolute Gasteiger partial charge is 0.275 e. The Labute approximate surface area is 170 Å². The van der Waals surface area contributed by atoms with E-state index in [9.17, 15) is 9.59 Å². The van der Waals surface area contributed by atoms with Crippen molar-refractivity contribution in [1.82, 2.24) is 25.6 Å². The first-order valence-electron chi connectivity index (χ1n) is 8.41. The molecule has 2 amide bonds. The van der Waals surface area contributed by atoms with Gasteiger partial charge in [-0.15, -0.1) is 0 Å². The highest BCUT2D eigenvalue weighted by atomic mass is 79.9. The molecule has 2 heterocycles. The summed E-state index contributed by atoms with van der Waals surface area (Å²) in [5, 5.41) is 4.21. The van der Waals surface area contributed by atoms with Crippen molar-refractivity contribution in [2.45, 2.75) is 20.4 Å². The zero-order valence-electron chi connectivity index (χ0n) is 15.3. The molecule has 0 saturated carbocycles. The van der Waals surface area contributed by atoms with Crippen molar-refractivity contribution >= 4 is 27.7 Å². The molecule has 0 radical (unpaired) electrons. The molecule has 0 bridgehead atoms. The monoisotopic (exact) mass is 443 g/mol. The SMILES string of the molecule is Cc1cc(C)n(CC(=O)NNC(=O)c2cccnc2Oc2cccc(Br)c2)n1. The maximum atomic E-state index is 12.5. The van der Waals surface area contributed by atoms with E-state index in [4.69, 9.17) is 4.74 Å². The van der Waals surface area contributed by atoms with Gasteiger partial charge in [-0.25, -0.2) is 4.98 Å². The number of nitrogens with one attached hydrogen (secondary N) is 2. The van der Waals surface area contributed by atoms with Crippen LogP contribution in [0.1, 0.15) is 21.7 Å². The maximum Gasteiger partial charge on any atom is 0.275 e. The second-order valence-electron chi connectivity index (χ2n) is 6.00. The molecular weight excluding hydrogens is 426 g/mol. The summed E-state index contributed by atoms with van der Waals surface area (Å²) in [5.41, 5.74) is 6.61. The summed E-state index contributed by atoms with van der Waals surface area (Å²) < 4.78 is 8.10. The highest BCUT2D eigenvalue weighted by Gasteiger charge is 2.16. The fourth-order valence-corrected chi connectivity index (χ4v) is 2.87. The lowest BCUT2D eigenvalue weighted by Gasteiger charge is -2.11. The molecule has 9 heteroatoms. The van der Waals surface area contributed by atoms with Gasteiger partial charge in [0, 0.05) is 16.4 Å². The van der Waals surface area contributed by atoms with Gasteiger partial charge in [-0.1, -0.05) is 22.0 Å². The highest BCUT2D eigenvalue weighted by molar-refractivity contribution is 9.10. The molecule has 0 atom stereocenters. The van der Waals surface area contributed by atoms with Gasteiger partial charge in [0.2, 0.25) is 5.88 Å². The van der Waals surface area contributed by atoms with Crippen LogP contribution < -0.4 is 15.6 Å². The number of aryl methyl sites for hydroxylation is 2. The number of amides is 2. The van der Waals surface area contributed by atoms with E-state index in [0.717, 1.165) is 15.9 Å². The van der Waals surface area contributed by atoms with Gasteiger partial charge in [0.25, 0.3) is 11.8 Å². The molecule has 3 rings (SSSR count). The third-order valence-corrected chi connectivity index (χ3v) is 4.23. The van der Waals surface area contributed by atoms with E-state index in [1.165, 1.54) is 6.20 Å². The number of hydrogen-bond acceptors (Lipinski definition) is 5. The molecule has 0 aliphatic carbocycles. The molecular formula is C19H18BrN5O3. The Morgan fingerprint density at radius 2 is 1.96 bits per heavy atom. The molecule has 2 aromatic heterocycles. The van der Waals surface area contributed by atoms with Crippen LogP contribution in [0.2, 0.25) is 0 Å². The summed E-state index contributed by atoms with van der Waals surface area (Å²) in [6.07, 6.45) is 1.52. The molecule has 0 fully saturated rings. The number of benzene rings is 1. The maximum absolute atomic E-state index is 12.5. The number of hydrogen-bond donors (Lipinski definition) is 2. The van der Waals surface area contributed by atoms with Gasteiger partial charge in [-0.2, -0.15) is 5.10 Å². The predicted octanol–water partition coefficient (Wildman–Crippen LogP) is 2.91. The lowest BCUT2D eigenvalue weighted by molar-refractivity contribution is -0.122. The molecule has 3 aromatic rings. The van der Waals surface area contributed by atoms with Crippen molar-refractivity contribution in [2.75, 3.05) is 0 Å². The zero-order chi connectivity index (χ0) is 20.1. The van der Waals surface area contributed by atoms with Crippen LogP contribution in [0.15, 0.2) is 53.1 Å². The minimum atomic E-state index is -0.542. The van der Waals surface area contributed by atoms with E-state index in [1.54, 1.807) is 35.0 Å². The Kier molecular flexibility index (Phi) is 6.05. The summed E-state index contributed by atoms with van der Waals surface area (Å²) >= 11 is 3.36. The van der Waals surface area contributed by atoms with E-state index in [-0.39, 0.29) is 18.0 Å². The molecule has 0 unspecified atom stereocenters. The average Bonchev–Trinajstić information content (AvgIpc) is 2.97. The summed E-state index contributed by atoms with van der Waals surface area (Å²) in [7, 11) is 0. The topological polar surface area (TPSA) is 98.1 Å². The molecule has 8 nitrogen and oxygen atoms in total. The van der Waals surface area contributed by atoms with Gasteiger partial charge >= 0.3 is 0 Å². The third-order valence-electron chi connectivity index (χ3n) is 3.74. The number of carbonyl (C=O) groups excluding carboxylic acids is 2. The molecule has 0 aliphatic rings. The first kappa shape index (κ1) is 19.6. The van der Waals surface area contributed by atoms with Crippen LogP contribution in [0.3, 0.4) is 0 Å². The minimum absolute atomic E-state index is 0.00556. The van der Waals surface area contributed by atoms with Gasteiger partial charge in [0.1, 0.15) is 17.9 Å². The Balaban J connectivity index is 1.64. The number of ether oxygens (including phenoxy) is 1. The summed E-state index contributed by atoms with van der Waals surface area (Å²) in [6.45, 7) is 3.69. The fraction of sp³-hybridized carbons (Fsp3) is 0.158. The van der Waals surface area contributed by atoms with Crippen LogP contribution in [-0.4, -0.2) is 26.6 Å². The highest BCUT2D eigenvalue weighted by Crippen LogP contribution is 2.25. The molecule has 2 N–H and O–H groups in total. The van der Waals surface area contributed by atoms with Gasteiger partial charge in [0.05, 0.1) is 5.69 Å². The van der Waals surface area contributed by atoms with E-state index >= 15 is 0 Å². The minimum Gasteiger partial charge on any atom is -0.438 e. The van der Waals surface area contributed by atoms with Crippen molar-refractivity contribution in [3.63, 3.8) is 0 Å². The van der Waals surface area contributed by atoms with Crippen molar-refractivity contribution in [2.24, 2.45) is 0 Å². The van der Waals surface area contributed by atoms with Crippen molar-refractivity contribution < 1.29 is 14.3 Å². The van der Waals surface area contributed by atoms with Gasteiger partial charge in [-0.05, 0) is 50.2 Å². The fourth-order valence-electron chi connectivity index (χ4n) is 2.49. The molecule has 0 aliphatic heterocycles. The number of pyridine rings is 1. The van der Waals surface area contributed by atoms with Gasteiger partial charge in [-0.3, -0.25) is 25.1 Å². The van der Waals surface area contributed by atoms with Crippen LogP contribution in [0.25, 0.3) is 0 Å². The Morgan fingerprint density at radius 1 is 1.14 bits per heavy atom. The third kappa shape index (κ3) is 4.95. The lowest BCUT2D eigenvalue weighted by Crippen LogP contribution is -2.43. The number of halogens is 1. The van der Waals surface area contributed by atoms with Crippen LogP contribution in [-0.2, 0) is 11.3 Å². The lowest BCUT2D eigenvalue weighted by atomic mass is 10.2. The van der Waals surface area contributed by atoms with Gasteiger partial charge < -0.3 is 4.74 Å². The first-order chi connectivity index (χ1) is 13.4. The van der Waals surface area contributed by atoms with Crippen LogP contribution in [0, 0.1) is 13.8 Å². The molecule has 0 saturated heterocycles. The second-order valence-corrected chi connectivity index (χ2v) is 6.92. The molecule has 28 heavy (non-hydrogen) atoms. The summed E-state index contributed by atoms with van der Waals surface area (Å²) in [5.74, 6) is -0.292. The predicted molar refractivity (Wildman–Crippen MR) is 106 cm³/mol. The van der Waals surface area contributed by atoms with Crippen LogP contribution >= 0.6 is 15.9 Å². The number of carbonyl (C=O) groups is 2. The number of rotatable bonds is 5. The van der Waals surface area contributed by atoms with Gasteiger partial charge in [0.15, 0.2) is 0 Å². The molecule has 0 spiro atoms. The number of nitrogens with zero attached hydrogens (tertiary/aromatic N) is 3. The van der Waals surface area contributed by atoms with E-state index in [2.05, 4.69) is 36.9 Å². The first-order valence-corrected chi connectivity index (χ1v) is 9.20. The largest absolute Gasteiger partial charge is 0.438 e. The Morgan fingerprint density at radius 3 is 2.68 bits per heavy atom. The van der Waals surface area contributed by atoms with Crippen molar-refractivity contribution in [3.8, 4) is 11.6 Å². The molecule has 144 valence electrons. The van der Waals surface area contributed by atoms with Crippen molar-refractivity contribution in [3.05, 3.63) is 70.1 Å². The van der Waals surface area contributed by atoms with E-state index in [1.807, 2.05) is 26.0 Å². The van der Waals surface area contributed by atoms with Crippen LogP contribution in [0.4, 0.5) is 0 Å². The second kappa shape index (κ2) is 8.66. The van der Waals surface area contributed by atoms with E-state index < -0.39 is 11.8 Å². The Bertz CT molecular complexity index is 1020.